The van der Waals surface area contributed by atoms with E-state index in [1.165, 1.54) is 16.0 Å². The number of amides is 1. The standard InChI is InChI=1S/C17H17ClN4O2S/c1-9-4-5-12(18)6-14(9)20-15(23)7-13-11(3)21-22(16(13)24)17-19-10(2)8-25-17/h4-6,8,21H,7H2,1-3H3,(H,20,23). The lowest BCUT2D eigenvalue weighted by Crippen LogP contribution is -2.22. The normalized spacial score (nSPS) is 10.9. The van der Waals surface area contributed by atoms with E-state index in [1.807, 2.05) is 25.3 Å². The Kier molecular flexibility index (Phi) is 4.78. The number of anilines is 1. The van der Waals surface area contributed by atoms with Crippen LogP contribution in [0, 0.1) is 20.8 Å². The van der Waals surface area contributed by atoms with Crippen molar-refractivity contribution in [3.8, 4) is 5.13 Å². The van der Waals surface area contributed by atoms with Gasteiger partial charge in [0.25, 0.3) is 5.56 Å². The van der Waals surface area contributed by atoms with Gasteiger partial charge >= 0.3 is 0 Å². The first-order valence-corrected chi connectivity index (χ1v) is 8.90. The molecule has 0 unspecified atom stereocenters. The number of hydrogen-bond donors (Lipinski definition) is 2. The van der Waals surface area contributed by atoms with Crippen LogP contribution in [0.25, 0.3) is 5.13 Å². The molecule has 0 bridgehead atoms. The lowest BCUT2D eigenvalue weighted by molar-refractivity contribution is -0.115. The summed E-state index contributed by atoms with van der Waals surface area (Å²) in [5.41, 5.74) is 3.20. The monoisotopic (exact) mass is 376 g/mol. The number of aryl methyl sites for hydroxylation is 3. The van der Waals surface area contributed by atoms with Crippen LogP contribution in [0.4, 0.5) is 5.69 Å². The zero-order valence-corrected chi connectivity index (χ0v) is 15.6. The van der Waals surface area contributed by atoms with Crippen molar-refractivity contribution in [1.82, 2.24) is 14.8 Å². The number of carbonyl (C=O) groups is 1. The summed E-state index contributed by atoms with van der Waals surface area (Å²) in [5, 5.41) is 8.76. The number of benzene rings is 1. The molecule has 6 nitrogen and oxygen atoms in total. The molecule has 25 heavy (non-hydrogen) atoms. The van der Waals surface area contributed by atoms with Crippen LogP contribution in [0.15, 0.2) is 28.4 Å². The van der Waals surface area contributed by atoms with Crippen LogP contribution in [0.3, 0.4) is 0 Å². The highest BCUT2D eigenvalue weighted by Crippen LogP contribution is 2.20. The summed E-state index contributed by atoms with van der Waals surface area (Å²) in [5.74, 6) is -0.271. The number of H-pyrrole nitrogens is 1. The molecule has 0 aliphatic heterocycles. The van der Waals surface area contributed by atoms with Gasteiger partial charge < -0.3 is 5.32 Å². The van der Waals surface area contributed by atoms with Crippen LogP contribution in [0.2, 0.25) is 5.02 Å². The number of rotatable bonds is 4. The van der Waals surface area contributed by atoms with Crippen molar-refractivity contribution in [1.29, 1.82) is 0 Å². The van der Waals surface area contributed by atoms with E-state index in [0.717, 1.165) is 11.3 Å². The van der Waals surface area contributed by atoms with Gasteiger partial charge in [0.1, 0.15) is 0 Å². The smallest absolute Gasteiger partial charge is 0.277 e. The second kappa shape index (κ2) is 6.85. The maximum atomic E-state index is 12.6. The van der Waals surface area contributed by atoms with Gasteiger partial charge in [0.15, 0.2) is 0 Å². The van der Waals surface area contributed by atoms with E-state index in [-0.39, 0.29) is 17.9 Å². The SMILES string of the molecule is Cc1csc(-n2[nH]c(C)c(CC(=O)Nc3cc(Cl)ccc3C)c2=O)n1. The molecule has 1 amide bonds. The van der Waals surface area contributed by atoms with Crippen molar-refractivity contribution >= 4 is 34.5 Å². The minimum atomic E-state index is -0.271. The number of nitrogens with one attached hydrogen (secondary N) is 2. The van der Waals surface area contributed by atoms with Gasteiger partial charge in [-0.25, -0.2) is 4.98 Å². The van der Waals surface area contributed by atoms with Gasteiger partial charge in [-0.3, -0.25) is 14.7 Å². The molecule has 8 heteroatoms. The first kappa shape index (κ1) is 17.4. The fraction of sp³-hybridized carbons (Fsp3) is 0.235. The molecule has 2 aromatic heterocycles. The molecule has 0 saturated carbocycles. The molecule has 0 atom stereocenters. The Morgan fingerprint density at radius 2 is 2.12 bits per heavy atom. The zero-order chi connectivity index (χ0) is 18.1. The maximum Gasteiger partial charge on any atom is 0.277 e. The minimum absolute atomic E-state index is 0.0233. The number of aromatic nitrogens is 3. The Balaban J connectivity index is 1.83. The summed E-state index contributed by atoms with van der Waals surface area (Å²) in [4.78, 5) is 29.3. The average molecular weight is 377 g/mol. The van der Waals surface area contributed by atoms with E-state index in [1.54, 1.807) is 19.1 Å². The Bertz CT molecular complexity index is 1000. The molecule has 130 valence electrons. The molecule has 3 aromatic rings. The van der Waals surface area contributed by atoms with Crippen molar-refractivity contribution in [2.75, 3.05) is 5.32 Å². The number of hydrogen-bond acceptors (Lipinski definition) is 4. The first-order valence-electron chi connectivity index (χ1n) is 7.64. The van der Waals surface area contributed by atoms with Gasteiger partial charge in [-0.05, 0) is 38.5 Å². The van der Waals surface area contributed by atoms with Crippen LogP contribution in [-0.4, -0.2) is 20.7 Å². The fourth-order valence-corrected chi connectivity index (χ4v) is 3.38. The summed E-state index contributed by atoms with van der Waals surface area (Å²) >= 11 is 7.34. The molecule has 0 saturated heterocycles. The van der Waals surface area contributed by atoms with Gasteiger partial charge in [-0.15, -0.1) is 11.3 Å². The molecule has 0 radical (unpaired) electrons. The van der Waals surface area contributed by atoms with Gasteiger partial charge in [0, 0.05) is 27.3 Å². The van der Waals surface area contributed by atoms with Gasteiger partial charge in [-0.2, -0.15) is 4.68 Å². The molecular weight excluding hydrogens is 360 g/mol. The fourth-order valence-electron chi connectivity index (χ4n) is 2.45. The highest BCUT2D eigenvalue weighted by Gasteiger charge is 2.17. The van der Waals surface area contributed by atoms with Crippen molar-refractivity contribution < 1.29 is 4.79 Å². The van der Waals surface area contributed by atoms with Crippen LogP contribution < -0.4 is 10.9 Å². The highest BCUT2D eigenvalue weighted by molar-refractivity contribution is 7.12. The van der Waals surface area contributed by atoms with E-state index in [9.17, 15) is 9.59 Å². The van der Waals surface area contributed by atoms with E-state index < -0.39 is 0 Å². The Morgan fingerprint density at radius 1 is 1.36 bits per heavy atom. The molecule has 1 aromatic carbocycles. The van der Waals surface area contributed by atoms with E-state index in [4.69, 9.17) is 11.6 Å². The molecule has 3 rings (SSSR count). The summed E-state index contributed by atoms with van der Waals surface area (Å²) in [6, 6.07) is 5.28. The first-order chi connectivity index (χ1) is 11.8. The predicted molar refractivity (Wildman–Crippen MR) is 100 cm³/mol. The number of halogens is 1. The lowest BCUT2D eigenvalue weighted by atomic mass is 10.1. The lowest BCUT2D eigenvalue weighted by Gasteiger charge is -2.08. The summed E-state index contributed by atoms with van der Waals surface area (Å²) in [6.45, 7) is 5.51. The van der Waals surface area contributed by atoms with Gasteiger partial charge in [0.2, 0.25) is 11.0 Å². The third-order valence-electron chi connectivity index (χ3n) is 3.80. The van der Waals surface area contributed by atoms with Crippen molar-refractivity contribution in [3.63, 3.8) is 0 Å². The predicted octanol–water partition coefficient (Wildman–Crippen LogP) is 3.38. The number of carbonyl (C=O) groups excluding carboxylic acids is 1. The van der Waals surface area contributed by atoms with Crippen LogP contribution >= 0.6 is 22.9 Å². The molecular formula is C17H17ClN4O2S. The molecule has 0 aliphatic carbocycles. The Hall–Kier alpha value is -2.38. The zero-order valence-electron chi connectivity index (χ0n) is 14.0. The third kappa shape index (κ3) is 3.67. The molecule has 0 spiro atoms. The second-order valence-corrected chi connectivity index (χ2v) is 7.08. The maximum absolute atomic E-state index is 12.6. The quantitative estimate of drug-likeness (QED) is 0.732. The average Bonchev–Trinajstić information content (AvgIpc) is 3.09. The number of nitrogens with zero attached hydrogens (tertiary/aromatic N) is 2. The van der Waals surface area contributed by atoms with Crippen molar-refractivity contribution in [3.05, 3.63) is 61.5 Å². The Morgan fingerprint density at radius 3 is 2.80 bits per heavy atom. The summed E-state index contributed by atoms with van der Waals surface area (Å²) in [6.07, 6.45) is -0.0233. The Labute approximate surface area is 153 Å². The van der Waals surface area contributed by atoms with Crippen molar-refractivity contribution in [2.45, 2.75) is 27.2 Å². The molecule has 0 fully saturated rings. The molecule has 2 heterocycles. The number of aromatic amines is 1. The van der Waals surface area contributed by atoms with Crippen LogP contribution in [-0.2, 0) is 11.2 Å². The topological polar surface area (TPSA) is 79.8 Å². The van der Waals surface area contributed by atoms with Crippen LogP contribution in [0.5, 0.6) is 0 Å². The van der Waals surface area contributed by atoms with E-state index >= 15 is 0 Å². The largest absolute Gasteiger partial charge is 0.326 e. The summed E-state index contributed by atoms with van der Waals surface area (Å²) < 4.78 is 1.38. The van der Waals surface area contributed by atoms with E-state index in [0.29, 0.717) is 27.1 Å². The third-order valence-corrected chi connectivity index (χ3v) is 4.98. The van der Waals surface area contributed by atoms with Crippen molar-refractivity contribution in [2.24, 2.45) is 0 Å². The van der Waals surface area contributed by atoms with Crippen LogP contribution in [0.1, 0.15) is 22.5 Å². The number of thiazole rings is 1. The van der Waals surface area contributed by atoms with Gasteiger partial charge in [0.05, 0.1) is 12.1 Å². The molecule has 2 N–H and O–H groups in total. The summed E-state index contributed by atoms with van der Waals surface area (Å²) in [7, 11) is 0. The van der Waals surface area contributed by atoms with Gasteiger partial charge in [-0.1, -0.05) is 17.7 Å². The molecule has 0 aliphatic rings. The highest BCUT2D eigenvalue weighted by atomic mass is 35.5. The van der Waals surface area contributed by atoms with E-state index in [2.05, 4.69) is 15.4 Å². The minimum Gasteiger partial charge on any atom is -0.326 e. The second-order valence-electron chi connectivity index (χ2n) is 5.81.